The van der Waals surface area contributed by atoms with Crippen LogP contribution in [0.25, 0.3) is 5.65 Å². The van der Waals surface area contributed by atoms with Crippen LogP contribution < -0.4 is 10.6 Å². The lowest BCUT2D eigenvalue weighted by Gasteiger charge is -2.33. The molecule has 2 aromatic heterocycles. The van der Waals surface area contributed by atoms with E-state index in [4.69, 9.17) is 9.47 Å². The van der Waals surface area contributed by atoms with Crippen molar-refractivity contribution in [3.05, 3.63) is 29.7 Å². The number of carbonyl (C=O) groups excluding carboxylic acids is 2. The Morgan fingerprint density at radius 3 is 2.86 bits per heavy atom. The maximum Gasteiger partial charge on any atom is 0.408 e. The van der Waals surface area contributed by atoms with Gasteiger partial charge in [-0.05, 0) is 37.3 Å². The van der Waals surface area contributed by atoms with Gasteiger partial charge in [-0.1, -0.05) is 0 Å². The topological polar surface area (TPSA) is 110 Å². The Bertz CT molecular complexity index is 1080. The van der Waals surface area contributed by atoms with Crippen LogP contribution in [-0.2, 0) is 16.0 Å². The van der Waals surface area contributed by atoms with Crippen molar-refractivity contribution in [2.24, 2.45) is 5.92 Å². The molecule has 10 nitrogen and oxygen atoms in total. The predicted octanol–water partition coefficient (Wildman–Crippen LogP) is 3.02. The molecule has 1 aliphatic carbocycles. The number of alkyl halides is 2. The van der Waals surface area contributed by atoms with Crippen molar-refractivity contribution < 1.29 is 27.8 Å². The van der Waals surface area contributed by atoms with Crippen LogP contribution >= 0.6 is 0 Å². The molecule has 2 aliphatic heterocycles. The van der Waals surface area contributed by atoms with Crippen molar-refractivity contribution in [3.63, 3.8) is 0 Å². The SMILES string of the molecule is C[C@@H]1CN(Cc2cnn3cc([C@@H](NC(=O)O[C@@H]4CCOC4)C4CCC(F)(F)CC4)nc3c2)C(=O)N1. The fourth-order valence-electron chi connectivity index (χ4n) is 5.04. The first-order chi connectivity index (χ1) is 16.8. The Hall–Kier alpha value is -3.02. The van der Waals surface area contributed by atoms with Crippen molar-refractivity contribution >= 4 is 17.8 Å². The van der Waals surface area contributed by atoms with Crippen molar-refractivity contribution in [2.45, 2.75) is 69.7 Å². The van der Waals surface area contributed by atoms with Gasteiger partial charge >= 0.3 is 12.1 Å². The highest BCUT2D eigenvalue weighted by molar-refractivity contribution is 5.76. The number of nitrogens with zero attached hydrogens (tertiary/aromatic N) is 4. The first-order valence-corrected chi connectivity index (χ1v) is 12.1. The summed E-state index contributed by atoms with van der Waals surface area (Å²) in [7, 11) is 0. The maximum atomic E-state index is 13.8. The average molecular weight is 493 g/mol. The molecule has 2 saturated heterocycles. The molecule has 0 radical (unpaired) electrons. The molecule has 190 valence electrons. The summed E-state index contributed by atoms with van der Waals surface area (Å²) in [4.78, 5) is 31.1. The van der Waals surface area contributed by atoms with E-state index in [9.17, 15) is 18.4 Å². The Morgan fingerprint density at radius 1 is 1.37 bits per heavy atom. The van der Waals surface area contributed by atoms with Gasteiger partial charge in [0.1, 0.15) is 6.10 Å². The van der Waals surface area contributed by atoms with Gasteiger partial charge in [0.05, 0.1) is 37.3 Å². The number of hydrogen-bond acceptors (Lipinski definition) is 6. The number of carbonyl (C=O) groups is 2. The zero-order valence-corrected chi connectivity index (χ0v) is 19.6. The smallest absolute Gasteiger partial charge is 0.408 e. The molecule has 35 heavy (non-hydrogen) atoms. The molecule has 2 aromatic rings. The van der Waals surface area contributed by atoms with Crippen LogP contribution in [-0.4, -0.2) is 69.4 Å². The third kappa shape index (κ3) is 5.47. The molecule has 3 atom stereocenters. The molecule has 5 rings (SSSR count). The Balaban J connectivity index is 1.35. The molecule has 1 saturated carbocycles. The molecule has 0 unspecified atom stereocenters. The number of amides is 3. The van der Waals surface area contributed by atoms with Crippen LogP contribution in [0.2, 0.25) is 0 Å². The van der Waals surface area contributed by atoms with Crippen molar-refractivity contribution in [2.75, 3.05) is 19.8 Å². The second kappa shape index (κ2) is 9.56. The highest BCUT2D eigenvalue weighted by Crippen LogP contribution is 2.41. The summed E-state index contributed by atoms with van der Waals surface area (Å²) in [6.07, 6.45) is 3.15. The van der Waals surface area contributed by atoms with Crippen LogP contribution in [0.15, 0.2) is 18.5 Å². The fourth-order valence-corrected chi connectivity index (χ4v) is 5.04. The third-order valence-corrected chi connectivity index (χ3v) is 6.91. The van der Waals surface area contributed by atoms with Gasteiger partial charge in [0, 0.05) is 38.4 Å². The molecule has 3 amide bonds. The number of alkyl carbamates (subject to hydrolysis) is 1. The van der Waals surface area contributed by atoms with Gasteiger partial charge in [-0.3, -0.25) is 0 Å². The highest BCUT2D eigenvalue weighted by atomic mass is 19.3. The monoisotopic (exact) mass is 492 g/mol. The van der Waals surface area contributed by atoms with E-state index in [-0.39, 0.29) is 49.8 Å². The van der Waals surface area contributed by atoms with Gasteiger partial charge in [0.2, 0.25) is 5.92 Å². The summed E-state index contributed by atoms with van der Waals surface area (Å²) in [6.45, 7) is 3.84. The van der Waals surface area contributed by atoms with Gasteiger partial charge < -0.3 is 25.0 Å². The Kier molecular flexibility index (Phi) is 6.47. The van der Waals surface area contributed by atoms with Gasteiger partial charge in [0.25, 0.3) is 0 Å². The zero-order chi connectivity index (χ0) is 24.6. The average Bonchev–Trinajstić information content (AvgIpc) is 3.53. The van der Waals surface area contributed by atoms with Gasteiger partial charge in [-0.2, -0.15) is 5.10 Å². The largest absolute Gasteiger partial charge is 0.444 e. The van der Waals surface area contributed by atoms with E-state index in [1.54, 1.807) is 21.8 Å². The lowest BCUT2D eigenvalue weighted by atomic mass is 9.81. The summed E-state index contributed by atoms with van der Waals surface area (Å²) < 4.78 is 40.0. The standard InChI is InChI=1S/C23H30F2N6O4/c1-14-10-30(21(32)27-14)11-15-8-19-28-18(12-31(19)26-9-15)20(16-2-5-23(24,25)6-3-16)29-22(33)35-17-4-7-34-13-17/h8-9,12,14,16-17,20H,2-7,10-11,13H2,1H3,(H,27,32)(H,29,33)/t14-,17-,20+/m1/s1. The van der Waals surface area contributed by atoms with Gasteiger partial charge in [0.15, 0.2) is 5.65 Å². The maximum absolute atomic E-state index is 13.8. The van der Waals surface area contributed by atoms with E-state index in [1.165, 1.54) is 0 Å². The molecule has 4 heterocycles. The van der Waals surface area contributed by atoms with E-state index in [0.717, 1.165) is 5.56 Å². The lowest BCUT2D eigenvalue weighted by molar-refractivity contribution is -0.0498. The molecule has 3 fully saturated rings. The molecule has 0 spiro atoms. The van der Waals surface area contributed by atoms with E-state index in [2.05, 4.69) is 20.7 Å². The highest BCUT2D eigenvalue weighted by Gasteiger charge is 2.39. The number of imidazole rings is 1. The molecular formula is C23H30F2N6O4. The number of nitrogens with one attached hydrogen (secondary N) is 2. The molecule has 2 N–H and O–H groups in total. The van der Waals surface area contributed by atoms with Crippen molar-refractivity contribution in [1.82, 2.24) is 30.1 Å². The van der Waals surface area contributed by atoms with E-state index in [1.807, 2.05) is 13.0 Å². The molecule has 3 aliphatic rings. The fraction of sp³-hybridized carbons (Fsp3) is 0.652. The normalized spacial score (nSPS) is 25.6. The Labute approximate surface area is 201 Å². The summed E-state index contributed by atoms with van der Waals surface area (Å²) in [5, 5.41) is 10.2. The number of hydrogen-bond donors (Lipinski definition) is 2. The second-order valence-electron chi connectivity index (χ2n) is 9.77. The third-order valence-electron chi connectivity index (χ3n) is 6.91. The summed E-state index contributed by atoms with van der Waals surface area (Å²) in [5.41, 5.74) is 1.91. The van der Waals surface area contributed by atoms with Crippen LogP contribution in [0.4, 0.5) is 18.4 Å². The number of ether oxygens (including phenoxy) is 2. The predicted molar refractivity (Wildman–Crippen MR) is 120 cm³/mol. The second-order valence-corrected chi connectivity index (χ2v) is 9.77. The number of urea groups is 1. The first-order valence-electron chi connectivity index (χ1n) is 12.1. The zero-order valence-electron chi connectivity index (χ0n) is 19.6. The molecular weight excluding hydrogens is 462 g/mol. The number of halogens is 2. The minimum absolute atomic E-state index is 0.0856. The molecule has 12 heteroatoms. The summed E-state index contributed by atoms with van der Waals surface area (Å²) >= 11 is 0. The quantitative estimate of drug-likeness (QED) is 0.642. The van der Waals surface area contributed by atoms with Gasteiger partial charge in [-0.25, -0.2) is 27.9 Å². The molecule has 0 bridgehead atoms. The van der Waals surface area contributed by atoms with Crippen LogP contribution in [0.5, 0.6) is 0 Å². The number of rotatable bonds is 6. The van der Waals surface area contributed by atoms with Crippen molar-refractivity contribution in [3.8, 4) is 0 Å². The molecule has 0 aromatic carbocycles. The lowest BCUT2D eigenvalue weighted by Crippen LogP contribution is -2.39. The van der Waals surface area contributed by atoms with Crippen LogP contribution in [0.1, 0.15) is 56.3 Å². The van der Waals surface area contributed by atoms with Crippen molar-refractivity contribution in [1.29, 1.82) is 0 Å². The van der Waals surface area contributed by atoms with E-state index in [0.29, 0.717) is 44.1 Å². The number of fused-ring (bicyclic) bond motifs is 1. The number of aromatic nitrogens is 3. The van der Waals surface area contributed by atoms with Crippen LogP contribution in [0.3, 0.4) is 0 Å². The summed E-state index contributed by atoms with van der Waals surface area (Å²) in [6, 6.07) is 1.22. The Morgan fingerprint density at radius 2 is 2.17 bits per heavy atom. The van der Waals surface area contributed by atoms with Crippen LogP contribution in [0, 0.1) is 5.92 Å². The summed E-state index contributed by atoms with van der Waals surface area (Å²) in [5.74, 6) is -2.89. The van der Waals surface area contributed by atoms with Gasteiger partial charge in [-0.15, -0.1) is 0 Å². The minimum atomic E-state index is -2.68. The van der Waals surface area contributed by atoms with E-state index >= 15 is 0 Å². The van der Waals surface area contributed by atoms with E-state index < -0.39 is 18.1 Å². The minimum Gasteiger partial charge on any atom is -0.444 e. The first kappa shape index (κ1) is 23.7.